The molecule has 1 saturated carbocycles. The predicted octanol–water partition coefficient (Wildman–Crippen LogP) is 3.14. The zero-order chi connectivity index (χ0) is 14.2. The third-order valence-corrected chi connectivity index (χ3v) is 3.28. The molecule has 0 bridgehead atoms. The van der Waals surface area contributed by atoms with Gasteiger partial charge in [0.1, 0.15) is 0 Å². The number of para-hydroxylation sites is 1. The van der Waals surface area contributed by atoms with Crippen molar-refractivity contribution in [2.24, 2.45) is 0 Å². The fourth-order valence-electron chi connectivity index (χ4n) is 2.03. The lowest BCUT2D eigenvalue weighted by Gasteiger charge is -2.10. The Balaban J connectivity index is 1.86. The second-order valence-electron chi connectivity index (χ2n) is 4.93. The average molecular weight is 281 g/mol. The number of nitrogens with one attached hydrogen (secondary N) is 1. The molecule has 1 heterocycles. The molecule has 3 rings (SSSR count). The molecule has 1 aromatic carbocycles. The summed E-state index contributed by atoms with van der Waals surface area (Å²) in [5.74, 6) is 0. The second-order valence-corrected chi connectivity index (χ2v) is 4.93. The van der Waals surface area contributed by atoms with Gasteiger partial charge in [-0.3, -0.25) is 0 Å². The van der Waals surface area contributed by atoms with Gasteiger partial charge in [-0.05, 0) is 30.5 Å². The van der Waals surface area contributed by atoms with Gasteiger partial charge in [0.05, 0.1) is 5.69 Å². The van der Waals surface area contributed by atoms with Crippen LogP contribution in [0.15, 0.2) is 36.5 Å². The van der Waals surface area contributed by atoms with Crippen LogP contribution in [-0.4, -0.2) is 15.8 Å². The topological polar surface area (TPSA) is 29.9 Å². The molecule has 0 radical (unpaired) electrons. The van der Waals surface area contributed by atoms with E-state index in [1.807, 2.05) is 12.1 Å². The number of halogens is 3. The van der Waals surface area contributed by atoms with Crippen molar-refractivity contribution >= 4 is 0 Å². The average Bonchev–Trinajstić information content (AvgIpc) is 3.09. The molecular formula is C14H14F3N3. The van der Waals surface area contributed by atoms with E-state index in [2.05, 4.69) is 10.4 Å². The Labute approximate surface area is 114 Å². The van der Waals surface area contributed by atoms with Gasteiger partial charge >= 0.3 is 6.18 Å². The molecule has 20 heavy (non-hydrogen) atoms. The van der Waals surface area contributed by atoms with Crippen molar-refractivity contribution in [2.45, 2.75) is 31.6 Å². The third-order valence-electron chi connectivity index (χ3n) is 3.28. The van der Waals surface area contributed by atoms with Gasteiger partial charge in [-0.15, -0.1) is 0 Å². The molecule has 1 N–H and O–H groups in total. The highest BCUT2D eigenvalue weighted by Crippen LogP contribution is 2.28. The van der Waals surface area contributed by atoms with E-state index in [1.54, 1.807) is 12.1 Å². The van der Waals surface area contributed by atoms with Gasteiger partial charge in [-0.25, -0.2) is 4.68 Å². The first-order valence-electron chi connectivity index (χ1n) is 6.48. The Morgan fingerprint density at radius 3 is 2.60 bits per heavy atom. The molecule has 1 fully saturated rings. The number of benzene rings is 1. The maximum Gasteiger partial charge on any atom is 0.435 e. The van der Waals surface area contributed by atoms with E-state index in [0.29, 0.717) is 18.3 Å². The maximum atomic E-state index is 12.6. The molecule has 0 atom stereocenters. The van der Waals surface area contributed by atoms with E-state index in [4.69, 9.17) is 0 Å². The van der Waals surface area contributed by atoms with Crippen LogP contribution in [0.4, 0.5) is 13.2 Å². The standard InChI is InChI=1S/C14H14F3N3/c15-14(16,17)13-7-8-20(19-13)12-4-2-1-3-10(12)9-18-11-5-6-11/h1-4,7-8,11,18H,5-6,9H2. The predicted molar refractivity (Wildman–Crippen MR) is 68.4 cm³/mol. The van der Waals surface area contributed by atoms with Crippen molar-refractivity contribution in [3.05, 3.63) is 47.8 Å². The van der Waals surface area contributed by atoms with Crippen molar-refractivity contribution in [2.75, 3.05) is 0 Å². The van der Waals surface area contributed by atoms with Gasteiger partial charge in [-0.2, -0.15) is 18.3 Å². The van der Waals surface area contributed by atoms with Crippen molar-refractivity contribution in [3.63, 3.8) is 0 Å². The van der Waals surface area contributed by atoms with Crippen LogP contribution in [0, 0.1) is 0 Å². The number of rotatable bonds is 4. The van der Waals surface area contributed by atoms with Crippen LogP contribution >= 0.6 is 0 Å². The minimum Gasteiger partial charge on any atom is -0.310 e. The van der Waals surface area contributed by atoms with Crippen LogP contribution in [0.25, 0.3) is 5.69 Å². The van der Waals surface area contributed by atoms with Gasteiger partial charge in [0, 0.05) is 18.8 Å². The molecule has 0 aliphatic heterocycles. The van der Waals surface area contributed by atoms with Crippen molar-refractivity contribution < 1.29 is 13.2 Å². The smallest absolute Gasteiger partial charge is 0.310 e. The van der Waals surface area contributed by atoms with Crippen LogP contribution in [0.5, 0.6) is 0 Å². The lowest BCUT2D eigenvalue weighted by atomic mass is 10.2. The summed E-state index contributed by atoms with van der Waals surface area (Å²) in [6.45, 7) is 0.641. The fourth-order valence-corrected chi connectivity index (χ4v) is 2.03. The summed E-state index contributed by atoms with van der Waals surface area (Å²) in [7, 11) is 0. The Kier molecular flexibility index (Phi) is 3.25. The zero-order valence-electron chi connectivity index (χ0n) is 10.7. The van der Waals surface area contributed by atoms with Crippen LogP contribution in [0.2, 0.25) is 0 Å². The lowest BCUT2D eigenvalue weighted by Crippen LogP contribution is -2.17. The Morgan fingerprint density at radius 2 is 1.95 bits per heavy atom. The molecular weight excluding hydrogens is 267 g/mol. The molecule has 2 aromatic rings. The quantitative estimate of drug-likeness (QED) is 0.933. The van der Waals surface area contributed by atoms with Crippen molar-refractivity contribution in [3.8, 4) is 5.69 Å². The fraction of sp³-hybridized carbons (Fsp3) is 0.357. The van der Waals surface area contributed by atoms with Gasteiger partial charge in [0.25, 0.3) is 0 Å². The molecule has 0 unspecified atom stereocenters. The molecule has 0 spiro atoms. The SMILES string of the molecule is FC(F)(F)c1ccn(-c2ccccc2CNC2CC2)n1. The first kappa shape index (κ1) is 13.2. The molecule has 6 heteroatoms. The number of alkyl halides is 3. The largest absolute Gasteiger partial charge is 0.435 e. The summed E-state index contributed by atoms with van der Waals surface area (Å²) in [6.07, 6.45) is -0.727. The van der Waals surface area contributed by atoms with Crippen LogP contribution < -0.4 is 5.32 Å². The minimum absolute atomic E-state index is 0.548. The molecule has 0 saturated heterocycles. The summed E-state index contributed by atoms with van der Waals surface area (Å²) < 4.78 is 39.1. The van der Waals surface area contributed by atoms with Gasteiger partial charge in [-0.1, -0.05) is 18.2 Å². The van der Waals surface area contributed by atoms with E-state index in [0.717, 1.165) is 11.6 Å². The highest BCUT2D eigenvalue weighted by Gasteiger charge is 2.33. The highest BCUT2D eigenvalue weighted by molar-refractivity contribution is 5.40. The van der Waals surface area contributed by atoms with Gasteiger partial charge < -0.3 is 5.32 Å². The minimum atomic E-state index is -4.41. The van der Waals surface area contributed by atoms with E-state index < -0.39 is 11.9 Å². The van der Waals surface area contributed by atoms with E-state index in [9.17, 15) is 13.2 Å². The molecule has 3 nitrogen and oxygen atoms in total. The van der Waals surface area contributed by atoms with Gasteiger partial charge in [0.2, 0.25) is 0 Å². The lowest BCUT2D eigenvalue weighted by molar-refractivity contribution is -0.141. The van der Waals surface area contributed by atoms with Crippen molar-refractivity contribution in [1.82, 2.24) is 15.1 Å². The summed E-state index contributed by atoms with van der Waals surface area (Å²) in [4.78, 5) is 0. The monoisotopic (exact) mass is 281 g/mol. The zero-order valence-corrected chi connectivity index (χ0v) is 10.7. The third kappa shape index (κ3) is 2.85. The van der Waals surface area contributed by atoms with E-state index >= 15 is 0 Å². The van der Waals surface area contributed by atoms with Crippen molar-refractivity contribution in [1.29, 1.82) is 0 Å². The van der Waals surface area contributed by atoms with Gasteiger partial charge in [0.15, 0.2) is 5.69 Å². The first-order valence-corrected chi connectivity index (χ1v) is 6.48. The number of hydrogen-bond acceptors (Lipinski definition) is 2. The van der Waals surface area contributed by atoms with Crippen LogP contribution in [0.1, 0.15) is 24.1 Å². The highest BCUT2D eigenvalue weighted by atomic mass is 19.4. The summed E-state index contributed by atoms with van der Waals surface area (Å²) in [5.41, 5.74) is 0.745. The second kappa shape index (κ2) is 4.94. The summed E-state index contributed by atoms with van der Waals surface area (Å²) >= 11 is 0. The molecule has 1 aliphatic carbocycles. The van der Waals surface area contributed by atoms with E-state index in [-0.39, 0.29) is 0 Å². The molecule has 106 valence electrons. The Hall–Kier alpha value is -1.82. The summed E-state index contributed by atoms with van der Waals surface area (Å²) in [6, 6.07) is 8.89. The Morgan fingerprint density at radius 1 is 1.20 bits per heavy atom. The van der Waals surface area contributed by atoms with Crippen LogP contribution in [0.3, 0.4) is 0 Å². The molecule has 1 aliphatic rings. The first-order chi connectivity index (χ1) is 9.54. The number of hydrogen-bond donors (Lipinski definition) is 1. The maximum absolute atomic E-state index is 12.6. The molecule has 1 aromatic heterocycles. The molecule has 0 amide bonds. The van der Waals surface area contributed by atoms with Crippen LogP contribution in [-0.2, 0) is 12.7 Å². The number of nitrogens with zero attached hydrogens (tertiary/aromatic N) is 2. The van der Waals surface area contributed by atoms with E-state index in [1.165, 1.54) is 23.7 Å². The number of aromatic nitrogens is 2. The summed E-state index contributed by atoms with van der Waals surface area (Å²) in [5, 5.41) is 6.98. The normalized spacial score (nSPS) is 15.6. The Bertz CT molecular complexity index is 600.